The van der Waals surface area contributed by atoms with Gasteiger partial charge in [-0.2, -0.15) is 0 Å². The summed E-state index contributed by atoms with van der Waals surface area (Å²) in [7, 11) is 1.82. The maximum atomic E-state index is 9.84. The van der Waals surface area contributed by atoms with Gasteiger partial charge in [0.15, 0.2) is 11.5 Å². The third kappa shape index (κ3) is 1.42. The number of rotatable bonds is 2. The Bertz CT molecular complexity index is 366. The van der Waals surface area contributed by atoms with Crippen molar-refractivity contribution in [3.8, 4) is 11.5 Å². The molecule has 4 heteroatoms. The molecule has 0 unspecified atom stereocenters. The van der Waals surface area contributed by atoms with Crippen LogP contribution in [0.4, 0.5) is 0 Å². The van der Waals surface area contributed by atoms with Gasteiger partial charge in [0.2, 0.25) is 0 Å². The number of aromatic hydroxyl groups is 1. The van der Waals surface area contributed by atoms with Gasteiger partial charge in [0.1, 0.15) is 0 Å². The molecule has 0 bridgehead atoms. The van der Waals surface area contributed by atoms with Gasteiger partial charge >= 0.3 is 0 Å². The van der Waals surface area contributed by atoms with Crippen LogP contribution in [0.3, 0.4) is 0 Å². The molecule has 0 saturated heterocycles. The van der Waals surface area contributed by atoms with Gasteiger partial charge in [-0.25, -0.2) is 0 Å². The monoisotopic (exact) mass is 213 g/mol. The van der Waals surface area contributed by atoms with Crippen LogP contribution in [0.1, 0.15) is 11.1 Å². The largest absolute Gasteiger partial charge is 0.504 e. The molecular formula is C10H12ClNO2. The Balaban J connectivity index is 2.50. The summed E-state index contributed by atoms with van der Waals surface area (Å²) in [5.74, 6) is 0.777. The first-order valence-electron chi connectivity index (χ1n) is 4.54. The number of hydrogen-bond acceptors (Lipinski definition) is 3. The van der Waals surface area contributed by atoms with Crippen molar-refractivity contribution in [1.29, 1.82) is 0 Å². The van der Waals surface area contributed by atoms with Crippen molar-refractivity contribution < 1.29 is 9.84 Å². The molecule has 0 atom stereocenters. The quantitative estimate of drug-likeness (QED) is 0.786. The number of benzene rings is 1. The summed E-state index contributed by atoms with van der Waals surface area (Å²) >= 11 is 6.06. The second kappa shape index (κ2) is 3.67. The molecule has 0 fully saturated rings. The Labute approximate surface area is 87.6 Å². The molecule has 1 aliphatic heterocycles. The van der Waals surface area contributed by atoms with Crippen molar-refractivity contribution >= 4 is 11.6 Å². The van der Waals surface area contributed by atoms with Gasteiger partial charge in [-0.3, -0.25) is 0 Å². The number of nitrogens with one attached hydrogen (secondary N) is 1. The first kappa shape index (κ1) is 9.62. The molecule has 2 rings (SSSR count). The van der Waals surface area contributed by atoms with E-state index in [0.717, 1.165) is 17.5 Å². The number of phenolic OH excluding ortho intramolecular Hbond substituents is 1. The van der Waals surface area contributed by atoms with Crippen LogP contribution < -0.4 is 10.1 Å². The van der Waals surface area contributed by atoms with Gasteiger partial charge in [0, 0.05) is 29.1 Å². The van der Waals surface area contributed by atoms with Crippen LogP contribution in [-0.4, -0.2) is 18.8 Å². The highest BCUT2D eigenvalue weighted by Crippen LogP contribution is 2.41. The number of halogens is 1. The molecule has 0 spiro atoms. The summed E-state index contributed by atoms with van der Waals surface area (Å²) in [6.07, 6.45) is 0.779. The van der Waals surface area contributed by atoms with E-state index in [1.807, 2.05) is 7.05 Å². The zero-order valence-corrected chi connectivity index (χ0v) is 8.69. The van der Waals surface area contributed by atoms with E-state index in [1.54, 1.807) is 6.07 Å². The fourth-order valence-corrected chi connectivity index (χ4v) is 1.99. The Morgan fingerprint density at radius 1 is 1.64 bits per heavy atom. The molecule has 0 saturated carbocycles. The Morgan fingerprint density at radius 2 is 2.43 bits per heavy atom. The summed E-state index contributed by atoms with van der Waals surface area (Å²) in [4.78, 5) is 0. The maximum absolute atomic E-state index is 9.84. The molecule has 1 aliphatic rings. The van der Waals surface area contributed by atoms with Gasteiger partial charge in [-0.15, -0.1) is 0 Å². The lowest BCUT2D eigenvalue weighted by molar-refractivity contribution is 0.333. The lowest BCUT2D eigenvalue weighted by atomic mass is 10.1. The smallest absolute Gasteiger partial charge is 0.166 e. The summed E-state index contributed by atoms with van der Waals surface area (Å²) in [5, 5.41) is 13.5. The molecule has 14 heavy (non-hydrogen) atoms. The minimum atomic E-state index is 0.219. The molecule has 76 valence electrons. The van der Waals surface area contributed by atoms with Crippen molar-refractivity contribution in [1.82, 2.24) is 5.32 Å². The first-order chi connectivity index (χ1) is 6.74. The second-order valence-corrected chi connectivity index (χ2v) is 3.71. The number of hydrogen-bond donors (Lipinski definition) is 2. The van der Waals surface area contributed by atoms with Gasteiger partial charge in [0.25, 0.3) is 0 Å². The normalized spacial score (nSPS) is 13.9. The maximum Gasteiger partial charge on any atom is 0.166 e. The number of ether oxygens (including phenoxy) is 1. The van der Waals surface area contributed by atoms with E-state index in [9.17, 15) is 5.11 Å². The molecular weight excluding hydrogens is 202 g/mol. The van der Waals surface area contributed by atoms with Crippen LogP contribution in [-0.2, 0) is 13.0 Å². The zero-order chi connectivity index (χ0) is 10.1. The Hall–Kier alpha value is -0.930. The topological polar surface area (TPSA) is 41.5 Å². The van der Waals surface area contributed by atoms with E-state index in [0.29, 0.717) is 23.9 Å². The van der Waals surface area contributed by atoms with Crippen molar-refractivity contribution in [2.75, 3.05) is 13.7 Å². The Morgan fingerprint density at radius 3 is 3.14 bits per heavy atom. The van der Waals surface area contributed by atoms with Crippen LogP contribution in [0.5, 0.6) is 11.5 Å². The lowest BCUT2D eigenvalue weighted by Gasteiger charge is -2.09. The van der Waals surface area contributed by atoms with Crippen LogP contribution in [0, 0.1) is 0 Å². The molecule has 0 aliphatic carbocycles. The molecule has 0 amide bonds. The van der Waals surface area contributed by atoms with Crippen molar-refractivity contribution in [3.05, 3.63) is 22.2 Å². The third-order valence-corrected chi connectivity index (χ3v) is 2.69. The van der Waals surface area contributed by atoms with Crippen LogP contribution in [0.15, 0.2) is 6.07 Å². The fraction of sp³-hybridized carbons (Fsp3) is 0.400. The second-order valence-electron chi connectivity index (χ2n) is 3.30. The van der Waals surface area contributed by atoms with E-state index in [-0.39, 0.29) is 5.75 Å². The molecule has 3 nitrogen and oxygen atoms in total. The molecule has 0 radical (unpaired) electrons. The van der Waals surface area contributed by atoms with Gasteiger partial charge < -0.3 is 15.2 Å². The summed E-state index contributed by atoms with van der Waals surface area (Å²) < 4.78 is 5.33. The molecule has 0 aromatic heterocycles. The molecule has 1 heterocycles. The minimum Gasteiger partial charge on any atom is -0.504 e. The van der Waals surface area contributed by atoms with Gasteiger partial charge in [-0.05, 0) is 13.1 Å². The van der Waals surface area contributed by atoms with E-state index in [1.165, 1.54) is 0 Å². The number of phenols is 1. The van der Waals surface area contributed by atoms with Crippen molar-refractivity contribution in [3.63, 3.8) is 0 Å². The highest BCUT2D eigenvalue weighted by molar-refractivity contribution is 6.31. The van der Waals surface area contributed by atoms with E-state index < -0.39 is 0 Å². The minimum absolute atomic E-state index is 0.219. The van der Waals surface area contributed by atoms with Crippen molar-refractivity contribution in [2.45, 2.75) is 13.0 Å². The summed E-state index contributed by atoms with van der Waals surface area (Å²) in [6.45, 7) is 1.19. The Kier molecular flexibility index (Phi) is 2.52. The standard InChI is InChI=1S/C10H12ClNO2/c1-12-5-6-4-8(11)7-2-3-14-10(7)9(6)13/h4,12-13H,2-3,5H2,1H3. The third-order valence-electron chi connectivity index (χ3n) is 2.35. The highest BCUT2D eigenvalue weighted by atomic mass is 35.5. The van der Waals surface area contributed by atoms with E-state index in [2.05, 4.69) is 5.32 Å². The summed E-state index contributed by atoms with van der Waals surface area (Å²) in [6, 6.07) is 1.79. The first-order valence-corrected chi connectivity index (χ1v) is 4.92. The van der Waals surface area contributed by atoms with Crippen LogP contribution in [0.2, 0.25) is 5.02 Å². The van der Waals surface area contributed by atoms with Crippen molar-refractivity contribution in [2.24, 2.45) is 0 Å². The molecule has 1 aromatic rings. The zero-order valence-electron chi connectivity index (χ0n) is 7.93. The van der Waals surface area contributed by atoms with Gasteiger partial charge in [-0.1, -0.05) is 11.6 Å². The predicted octanol–water partition coefficient (Wildman–Crippen LogP) is 1.70. The molecule has 1 aromatic carbocycles. The fourth-order valence-electron chi connectivity index (χ4n) is 1.67. The van der Waals surface area contributed by atoms with E-state index in [4.69, 9.17) is 16.3 Å². The average Bonchev–Trinajstić information content (AvgIpc) is 2.63. The molecule has 2 N–H and O–H groups in total. The highest BCUT2D eigenvalue weighted by Gasteiger charge is 2.22. The van der Waals surface area contributed by atoms with E-state index >= 15 is 0 Å². The van der Waals surface area contributed by atoms with Gasteiger partial charge in [0.05, 0.1) is 6.61 Å². The van der Waals surface area contributed by atoms with Crippen LogP contribution >= 0.6 is 11.6 Å². The van der Waals surface area contributed by atoms with Crippen LogP contribution in [0.25, 0.3) is 0 Å². The lowest BCUT2D eigenvalue weighted by Crippen LogP contribution is -2.05. The SMILES string of the molecule is CNCc1cc(Cl)c2c(c1O)OCC2. The number of fused-ring (bicyclic) bond motifs is 1. The average molecular weight is 214 g/mol. The summed E-state index contributed by atoms with van der Waals surface area (Å²) in [5.41, 5.74) is 1.70. The predicted molar refractivity (Wildman–Crippen MR) is 55.1 cm³/mol.